The SMILES string of the molecule is CN(Cc1ccc(C#N)cc1)C(C)(C)CO. The molecule has 0 fully saturated rings. The van der Waals surface area contributed by atoms with Gasteiger partial charge in [-0.25, -0.2) is 0 Å². The molecule has 0 bridgehead atoms. The van der Waals surface area contributed by atoms with Crippen molar-refractivity contribution in [2.75, 3.05) is 13.7 Å². The number of hydrogen-bond donors (Lipinski definition) is 1. The van der Waals surface area contributed by atoms with E-state index in [1.54, 1.807) is 0 Å². The molecule has 0 radical (unpaired) electrons. The van der Waals surface area contributed by atoms with E-state index in [4.69, 9.17) is 5.26 Å². The first-order chi connectivity index (χ1) is 7.49. The summed E-state index contributed by atoms with van der Waals surface area (Å²) in [4.78, 5) is 2.09. The third-order valence-corrected chi connectivity index (χ3v) is 2.92. The second-order valence-electron chi connectivity index (χ2n) is 4.64. The van der Waals surface area contributed by atoms with Crippen molar-refractivity contribution in [1.82, 2.24) is 4.90 Å². The number of likely N-dealkylation sites (N-methyl/N-ethyl adjacent to an activating group) is 1. The summed E-state index contributed by atoms with van der Waals surface area (Å²) in [5, 5.41) is 17.9. The first-order valence-electron chi connectivity index (χ1n) is 5.31. The number of aliphatic hydroxyl groups excluding tert-OH is 1. The molecule has 0 saturated carbocycles. The number of benzene rings is 1. The van der Waals surface area contributed by atoms with Crippen LogP contribution in [-0.4, -0.2) is 29.2 Å². The highest BCUT2D eigenvalue weighted by Gasteiger charge is 2.22. The molecule has 0 aliphatic heterocycles. The van der Waals surface area contributed by atoms with Gasteiger partial charge in [0.15, 0.2) is 0 Å². The van der Waals surface area contributed by atoms with Gasteiger partial charge in [-0.3, -0.25) is 4.90 Å². The van der Waals surface area contributed by atoms with Crippen LogP contribution < -0.4 is 0 Å². The maximum absolute atomic E-state index is 9.24. The van der Waals surface area contributed by atoms with Crippen molar-refractivity contribution in [3.8, 4) is 6.07 Å². The quantitative estimate of drug-likeness (QED) is 0.837. The first kappa shape index (κ1) is 12.7. The fourth-order valence-corrected chi connectivity index (χ4v) is 1.29. The summed E-state index contributed by atoms with van der Waals surface area (Å²) in [7, 11) is 1.98. The average Bonchev–Trinajstić information content (AvgIpc) is 2.30. The van der Waals surface area contributed by atoms with Crippen LogP contribution in [0.15, 0.2) is 24.3 Å². The zero-order valence-electron chi connectivity index (χ0n) is 10.1. The van der Waals surface area contributed by atoms with Gasteiger partial charge in [0.25, 0.3) is 0 Å². The summed E-state index contributed by atoms with van der Waals surface area (Å²) in [5.41, 5.74) is 1.59. The van der Waals surface area contributed by atoms with Crippen LogP contribution in [0, 0.1) is 11.3 Å². The van der Waals surface area contributed by atoms with Crippen molar-refractivity contribution in [2.24, 2.45) is 0 Å². The van der Waals surface area contributed by atoms with Gasteiger partial charge in [0.2, 0.25) is 0 Å². The Morgan fingerprint density at radius 1 is 1.31 bits per heavy atom. The molecule has 0 atom stereocenters. The Labute approximate surface area is 96.9 Å². The lowest BCUT2D eigenvalue weighted by Crippen LogP contribution is -2.43. The van der Waals surface area contributed by atoms with Crippen LogP contribution in [0.1, 0.15) is 25.0 Å². The van der Waals surface area contributed by atoms with Crippen molar-refractivity contribution in [3.63, 3.8) is 0 Å². The normalized spacial score (nSPS) is 11.5. The molecule has 0 aliphatic rings. The third kappa shape index (κ3) is 3.06. The zero-order valence-corrected chi connectivity index (χ0v) is 10.1. The molecule has 3 heteroatoms. The number of hydrogen-bond acceptors (Lipinski definition) is 3. The second-order valence-corrected chi connectivity index (χ2v) is 4.64. The van der Waals surface area contributed by atoms with E-state index < -0.39 is 0 Å². The minimum absolute atomic E-state index is 0.125. The molecule has 16 heavy (non-hydrogen) atoms. The number of aliphatic hydroxyl groups is 1. The van der Waals surface area contributed by atoms with Crippen molar-refractivity contribution in [1.29, 1.82) is 5.26 Å². The van der Waals surface area contributed by atoms with Gasteiger partial charge in [0, 0.05) is 12.1 Å². The lowest BCUT2D eigenvalue weighted by atomic mass is 10.0. The summed E-state index contributed by atoms with van der Waals surface area (Å²) in [6.45, 7) is 4.88. The van der Waals surface area contributed by atoms with Gasteiger partial charge in [-0.2, -0.15) is 5.26 Å². The monoisotopic (exact) mass is 218 g/mol. The van der Waals surface area contributed by atoms with E-state index in [-0.39, 0.29) is 12.1 Å². The molecule has 1 aromatic rings. The van der Waals surface area contributed by atoms with E-state index in [0.717, 1.165) is 12.1 Å². The maximum Gasteiger partial charge on any atom is 0.0991 e. The van der Waals surface area contributed by atoms with E-state index >= 15 is 0 Å². The van der Waals surface area contributed by atoms with Gasteiger partial charge >= 0.3 is 0 Å². The summed E-state index contributed by atoms with van der Waals surface area (Å²) in [6, 6.07) is 9.62. The minimum Gasteiger partial charge on any atom is -0.394 e. The summed E-state index contributed by atoms with van der Waals surface area (Å²) < 4.78 is 0. The molecular formula is C13H18N2O. The lowest BCUT2D eigenvalue weighted by molar-refractivity contribution is 0.0734. The lowest BCUT2D eigenvalue weighted by Gasteiger charge is -2.33. The smallest absolute Gasteiger partial charge is 0.0991 e. The molecule has 0 amide bonds. The Bertz CT molecular complexity index is 376. The molecule has 1 rings (SSSR count). The number of rotatable bonds is 4. The van der Waals surface area contributed by atoms with Crippen LogP contribution in [0.5, 0.6) is 0 Å². The largest absolute Gasteiger partial charge is 0.394 e. The highest BCUT2D eigenvalue weighted by molar-refractivity contribution is 5.31. The van der Waals surface area contributed by atoms with Gasteiger partial charge in [-0.05, 0) is 38.6 Å². The van der Waals surface area contributed by atoms with Gasteiger partial charge in [0.05, 0.1) is 18.2 Å². The topological polar surface area (TPSA) is 47.3 Å². The van der Waals surface area contributed by atoms with E-state index in [1.165, 1.54) is 0 Å². The Hall–Kier alpha value is -1.37. The molecule has 3 nitrogen and oxygen atoms in total. The van der Waals surface area contributed by atoms with Crippen molar-refractivity contribution in [3.05, 3.63) is 35.4 Å². The summed E-state index contributed by atoms with van der Waals surface area (Å²) in [5.74, 6) is 0. The predicted octanol–water partition coefficient (Wildman–Crippen LogP) is 1.76. The van der Waals surface area contributed by atoms with Crippen molar-refractivity contribution < 1.29 is 5.11 Å². The van der Waals surface area contributed by atoms with E-state index in [9.17, 15) is 5.11 Å². The molecular weight excluding hydrogens is 200 g/mol. The van der Waals surface area contributed by atoms with E-state index in [1.807, 2.05) is 45.2 Å². The van der Waals surface area contributed by atoms with Crippen LogP contribution in [0.3, 0.4) is 0 Å². The average molecular weight is 218 g/mol. The zero-order chi connectivity index (χ0) is 12.2. The maximum atomic E-state index is 9.24. The molecule has 1 aromatic carbocycles. The fraction of sp³-hybridized carbons (Fsp3) is 0.462. The second kappa shape index (κ2) is 5.11. The molecule has 0 aromatic heterocycles. The first-order valence-corrected chi connectivity index (χ1v) is 5.31. The molecule has 0 spiro atoms. The highest BCUT2D eigenvalue weighted by atomic mass is 16.3. The number of nitriles is 1. The molecule has 0 unspecified atom stereocenters. The molecule has 1 N–H and O–H groups in total. The fourth-order valence-electron chi connectivity index (χ4n) is 1.29. The minimum atomic E-state index is -0.228. The Morgan fingerprint density at radius 3 is 2.31 bits per heavy atom. The van der Waals surface area contributed by atoms with Gasteiger partial charge in [-0.15, -0.1) is 0 Å². The molecule has 0 aliphatic carbocycles. The van der Waals surface area contributed by atoms with Gasteiger partial charge in [0.1, 0.15) is 0 Å². The van der Waals surface area contributed by atoms with Crippen molar-refractivity contribution in [2.45, 2.75) is 25.9 Å². The van der Waals surface area contributed by atoms with Crippen LogP contribution in [0.4, 0.5) is 0 Å². The number of nitrogens with zero attached hydrogens (tertiary/aromatic N) is 2. The van der Waals surface area contributed by atoms with Gasteiger partial charge in [-0.1, -0.05) is 12.1 Å². The standard InChI is InChI=1S/C13H18N2O/c1-13(2,10-16)15(3)9-12-6-4-11(8-14)5-7-12/h4-7,16H,9-10H2,1-3H3. The van der Waals surface area contributed by atoms with Crippen LogP contribution in [-0.2, 0) is 6.54 Å². The Morgan fingerprint density at radius 2 is 1.88 bits per heavy atom. The Kier molecular flexibility index (Phi) is 4.05. The molecule has 0 heterocycles. The summed E-state index contributed by atoms with van der Waals surface area (Å²) >= 11 is 0. The van der Waals surface area contributed by atoms with Crippen LogP contribution >= 0.6 is 0 Å². The van der Waals surface area contributed by atoms with E-state index in [0.29, 0.717) is 5.56 Å². The van der Waals surface area contributed by atoms with Crippen molar-refractivity contribution >= 4 is 0 Å². The predicted molar refractivity (Wildman–Crippen MR) is 63.8 cm³/mol. The van der Waals surface area contributed by atoms with Crippen LogP contribution in [0.2, 0.25) is 0 Å². The summed E-state index contributed by atoms with van der Waals surface area (Å²) in [6.07, 6.45) is 0. The van der Waals surface area contributed by atoms with Crippen LogP contribution in [0.25, 0.3) is 0 Å². The van der Waals surface area contributed by atoms with Gasteiger partial charge < -0.3 is 5.11 Å². The molecule has 0 saturated heterocycles. The van der Waals surface area contributed by atoms with E-state index in [2.05, 4.69) is 11.0 Å². The molecule has 86 valence electrons. The Balaban J connectivity index is 2.70. The highest BCUT2D eigenvalue weighted by Crippen LogP contribution is 2.15. The third-order valence-electron chi connectivity index (χ3n) is 2.92.